The number of benzene rings is 2. The summed E-state index contributed by atoms with van der Waals surface area (Å²) in [7, 11) is 0. The third-order valence-corrected chi connectivity index (χ3v) is 5.65. The van der Waals surface area contributed by atoms with Crippen LogP contribution in [-0.4, -0.2) is 52.6 Å². The number of para-hydroxylation sites is 1. The Labute approximate surface area is 211 Å². The predicted octanol–water partition coefficient (Wildman–Crippen LogP) is 5.31. The number of nitrogens with zero attached hydrogens (tertiary/aromatic N) is 3. The largest absolute Gasteiger partial charge is 0.492 e. The molecule has 0 unspecified atom stereocenters. The van der Waals surface area contributed by atoms with Gasteiger partial charge in [-0.05, 0) is 57.9 Å². The molecule has 0 saturated heterocycles. The summed E-state index contributed by atoms with van der Waals surface area (Å²) in [5.74, 6) is 0.747. The highest BCUT2D eigenvalue weighted by molar-refractivity contribution is 6.02. The maximum atomic E-state index is 11.7. The standard InChI is InChI=1S/C28H34N4O4/c1-5-34-18-21(32-19-31-25-17-30-24-9-7-6-8-23(24)26(25)32)16-20-10-12-22(13-11-20)35-15-14-29-27(33)36-28(2,3)4/h6-13,17,19,21H,5,14-16,18H2,1-4H3,(H,29,33)/t21-/m0/s1. The Kier molecular flexibility index (Phi) is 8.05. The average molecular weight is 491 g/mol. The number of carbonyl (C=O) groups excluding carboxylic acids is 1. The normalized spacial score (nSPS) is 12.6. The van der Waals surface area contributed by atoms with E-state index in [4.69, 9.17) is 14.2 Å². The molecule has 8 heteroatoms. The van der Waals surface area contributed by atoms with E-state index in [2.05, 4.69) is 38.1 Å². The van der Waals surface area contributed by atoms with Gasteiger partial charge in [0.05, 0.1) is 42.8 Å². The van der Waals surface area contributed by atoms with E-state index in [1.807, 2.05) is 70.6 Å². The lowest BCUT2D eigenvalue weighted by molar-refractivity contribution is 0.0520. The van der Waals surface area contributed by atoms with E-state index in [1.165, 1.54) is 5.56 Å². The SMILES string of the molecule is CCOC[C@H](Cc1ccc(OCCNC(=O)OC(C)(C)C)cc1)n1cnc2cnc3ccccc3c21. The van der Waals surface area contributed by atoms with Crippen LogP contribution in [0, 0.1) is 0 Å². The van der Waals surface area contributed by atoms with Crippen molar-refractivity contribution in [2.75, 3.05) is 26.4 Å². The van der Waals surface area contributed by atoms with Gasteiger partial charge in [0.1, 0.15) is 23.5 Å². The molecule has 4 aromatic rings. The van der Waals surface area contributed by atoms with Crippen LogP contribution in [0.2, 0.25) is 0 Å². The van der Waals surface area contributed by atoms with Crippen molar-refractivity contribution in [2.45, 2.75) is 45.8 Å². The summed E-state index contributed by atoms with van der Waals surface area (Å²) in [5, 5.41) is 3.78. The van der Waals surface area contributed by atoms with E-state index >= 15 is 0 Å². The predicted molar refractivity (Wildman–Crippen MR) is 140 cm³/mol. The fraction of sp³-hybridized carbons (Fsp3) is 0.393. The molecular weight excluding hydrogens is 456 g/mol. The number of hydrogen-bond acceptors (Lipinski definition) is 6. The smallest absolute Gasteiger partial charge is 0.407 e. The fourth-order valence-corrected chi connectivity index (χ4v) is 4.06. The zero-order valence-electron chi connectivity index (χ0n) is 21.4. The maximum absolute atomic E-state index is 11.7. The molecule has 2 aromatic heterocycles. The molecule has 0 aliphatic heterocycles. The van der Waals surface area contributed by atoms with Gasteiger partial charge in [0, 0.05) is 12.0 Å². The summed E-state index contributed by atoms with van der Waals surface area (Å²) < 4.78 is 19.1. The topological polar surface area (TPSA) is 87.5 Å². The Morgan fingerprint density at radius 1 is 1.06 bits per heavy atom. The van der Waals surface area contributed by atoms with Crippen LogP contribution in [-0.2, 0) is 15.9 Å². The summed E-state index contributed by atoms with van der Waals surface area (Å²) in [6, 6.07) is 16.2. The first-order valence-electron chi connectivity index (χ1n) is 12.3. The summed E-state index contributed by atoms with van der Waals surface area (Å²) in [5.41, 5.74) is 3.54. The Hall–Kier alpha value is -3.65. The number of aromatic nitrogens is 3. The number of pyridine rings is 1. The van der Waals surface area contributed by atoms with Gasteiger partial charge in [-0.1, -0.05) is 30.3 Å². The van der Waals surface area contributed by atoms with Gasteiger partial charge in [-0.25, -0.2) is 9.78 Å². The molecule has 0 fully saturated rings. The number of imidazole rings is 1. The lowest BCUT2D eigenvalue weighted by atomic mass is 10.1. The highest BCUT2D eigenvalue weighted by atomic mass is 16.6. The number of ether oxygens (including phenoxy) is 3. The summed E-state index contributed by atoms with van der Waals surface area (Å²) in [6.45, 7) is 9.45. The molecule has 8 nitrogen and oxygen atoms in total. The van der Waals surface area contributed by atoms with Crippen LogP contribution in [0.4, 0.5) is 4.79 Å². The van der Waals surface area contributed by atoms with Crippen LogP contribution >= 0.6 is 0 Å². The van der Waals surface area contributed by atoms with Crippen molar-refractivity contribution >= 4 is 28.0 Å². The van der Waals surface area contributed by atoms with Crippen LogP contribution in [0.1, 0.15) is 39.3 Å². The number of carbonyl (C=O) groups is 1. The molecule has 0 aliphatic carbocycles. The van der Waals surface area contributed by atoms with Gasteiger partial charge in [-0.2, -0.15) is 0 Å². The fourth-order valence-electron chi connectivity index (χ4n) is 4.06. The van der Waals surface area contributed by atoms with Gasteiger partial charge in [0.25, 0.3) is 0 Å². The van der Waals surface area contributed by atoms with Gasteiger partial charge in [-0.15, -0.1) is 0 Å². The second-order valence-corrected chi connectivity index (χ2v) is 9.60. The van der Waals surface area contributed by atoms with E-state index in [-0.39, 0.29) is 6.04 Å². The molecular formula is C28H34N4O4. The monoisotopic (exact) mass is 490 g/mol. The lowest BCUT2D eigenvalue weighted by Crippen LogP contribution is -2.34. The lowest BCUT2D eigenvalue weighted by Gasteiger charge is -2.20. The van der Waals surface area contributed by atoms with Crippen molar-refractivity contribution < 1.29 is 19.0 Å². The first-order valence-corrected chi connectivity index (χ1v) is 12.3. The highest BCUT2D eigenvalue weighted by Crippen LogP contribution is 2.27. The van der Waals surface area contributed by atoms with E-state index in [9.17, 15) is 4.79 Å². The molecule has 190 valence electrons. The van der Waals surface area contributed by atoms with Gasteiger partial charge in [-0.3, -0.25) is 4.98 Å². The van der Waals surface area contributed by atoms with Crippen LogP contribution in [0.3, 0.4) is 0 Å². The third-order valence-electron chi connectivity index (χ3n) is 5.65. The summed E-state index contributed by atoms with van der Waals surface area (Å²) in [4.78, 5) is 20.9. The van der Waals surface area contributed by atoms with Crippen molar-refractivity contribution in [1.29, 1.82) is 0 Å². The second kappa shape index (κ2) is 11.4. The molecule has 2 heterocycles. The van der Waals surface area contributed by atoms with Crippen LogP contribution in [0.25, 0.3) is 21.9 Å². The van der Waals surface area contributed by atoms with E-state index in [1.54, 1.807) is 0 Å². The number of nitrogens with one attached hydrogen (secondary N) is 1. The van der Waals surface area contributed by atoms with Crippen LogP contribution in [0.5, 0.6) is 5.75 Å². The number of rotatable bonds is 10. The first-order chi connectivity index (χ1) is 17.3. The molecule has 1 amide bonds. The number of amides is 1. The Balaban J connectivity index is 1.42. The molecule has 0 bridgehead atoms. The van der Waals surface area contributed by atoms with Crippen LogP contribution in [0.15, 0.2) is 61.1 Å². The molecule has 0 aliphatic rings. The van der Waals surface area contributed by atoms with E-state index in [0.29, 0.717) is 26.4 Å². The molecule has 36 heavy (non-hydrogen) atoms. The minimum atomic E-state index is -0.520. The Bertz CT molecular complexity index is 1290. The molecule has 1 N–H and O–H groups in total. The maximum Gasteiger partial charge on any atom is 0.407 e. The van der Waals surface area contributed by atoms with E-state index < -0.39 is 11.7 Å². The summed E-state index contributed by atoms with van der Waals surface area (Å²) >= 11 is 0. The quantitative estimate of drug-likeness (QED) is 0.303. The average Bonchev–Trinajstić information content (AvgIpc) is 3.29. The highest BCUT2D eigenvalue weighted by Gasteiger charge is 2.18. The zero-order valence-corrected chi connectivity index (χ0v) is 21.4. The van der Waals surface area contributed by atoms with Crippen LogP contribution < -0.4 is 10.1 Å². The minimum absolute atomic E-state index is 0.0746. The molecule has 0 radical (unpaired) electrons. The van der Waals surface area contributed by atoms with Gasteiger partial charge < -0.3 is 24.1 Å². The van der Waals surface area contributed by atoms with Gasteiger partial charge >= 0.3 is 6.09 Å². The second-order valence-electron chi connectivity index (χ2n) is 9.60. The molecule has 0 spiro atoms. The van der Waals surface area contributed by atoms with Crippen molar-refractivity contribution in [2.24, 2.45) is 0 Å². The number of fused-ring (bicyclic) bond motifs is 3. The molecule has 4 rings (SSSR count). The Morgan fingerprint density at radius 3 is 2.58 bits per heavy atom. The number of alkyl carbamates (subject to hydrolysis) is 1. The molecule has 1 atom stereocenters. The molecule has 0 saturated carbocycles. The Morgan fingerprint density at radius 2 is 1.83 bits per heavy atom. The zero-order chi connectivity index (χ0) is 25.5. The third kappa shape index (κ3) is 6.51. The van der Waals surface area contributed by atoms with E-state index in [0.717, 1.165) is 34.1 Å². The number of hydrogen-bond donors (Lipinski definition) is 1. The van der Waals surface area contributed by atoms with Crippen molar-refractivity contribution in [1.82, 2.24) is 19.9 Å². The van der Waals surface area contributed by atoms with Gasteiger partial charge in [0.15, 0.2) is 0 Å². The minimum Gasteiger partial charge on any atom is -0.492 e. The van der Waals surface area contributed by atoms with Crippen molar-refractivity contribution in [3.05, 3.63) is 66.6 Å². The van der Waals surface area contributed by atoms with Crippen molar-refractivity contribution in [3.8, 4) is 5.75 Å². The summed E-state index contributed by atoms with van der Waals surface area (Å²) in [6.07, 6.45) is 4.05. The first kappa shape index (κ1) is 25.4. The molecule has 2 aromatic carbocycles. The van der Waals surface area contributed by atoms with Gasteiger partial charge in [0.2, 0.25) is 0 Å². The van der Waals surface area contributed by atoms with Crippen molar-refractivity contribution in [3.63, 3.8) is 0 Å².